The van der Waals surface area contributed by atoms with Gasteiger partial charge in [0.1, 0.15) is 35.8 Å². The zero-order valence-corrected chi connectivity index (χ0v) is 50.9. The second-order valence-corrected chi connectivity index (χ2v) is 32.3. The molecule has 5 saturated heterocycles. The van der Waals surface area contributed by atoms with Crippen LogP contribution in [0.2, 0.25) is 0 Å². The molecule has 2 aromatic rings. The van der Waals surface area contributed by atoms with E-state index in [-0.39, 0.29) is 72.3 Å². The first kappa shape index (κ1) is 54.8. The van der Waals surface area contributed by atoms with Crippen LogP contribution < -0.4 is 5.32 Å². The van der Waals surface area contributed by atoms with Gasteiger partial charge in [0, 0.05) is 41.3 Å². The van der Waals surface area contributed by atoms with Gasteiger partial charge in [-0.1, -0.05) is 101 Å². The predicted molar refractivity (Wildman–Crippen MR) is 317 cm³/mol. The van der Waals surface area contributed by atoms with Gasteiger partial charge in [0.15, 0.2) is 11.9 Å². The van der Waals surface area contributed by atoms with E-state index < -0.39 is 86.6 Å². The fraction of sp³-hybridized carbons (Fsp3) is 0.740. The number of ketones is 1. The third-order valence-corrected chi connectivity index (χ3v) is 29.7. The summed E-state index contributed by atoms with van der Waals surface area (Å²) in [6.45, 7) is 8.47. The Bertz CT molecular complexity index is 3230. The topological polar surface area (TPSA) is 181 Å². The molecule has 28 atom stereocenters. The molecule has 4 N–H and O–H groups in total. The zero-order chi connectivity index (χ0) is 58.2. The quantitative estimate of drug-likeness (QED) is 0.100. The van der Waals surface area contributed by atoms with E-state index in [9.17, 15) is 15.3 Å². The lowest BCUT2D eigenvalue weighted by Crippen LogP contribution is -2.82. The zero-order valence-electron chi connectivity index (χ0n) is 50.9. The Labute approximate surface area is 507 Å². The Balaban J connectivity index is 0.817. The summed E-state index contributed by atoms with van der Waals surface area (Å²) in [4.78, 5) is 51.4. The molecule has 8 saturated carbocycles. The van der Waals surface area contributed by atoms with Gasteiger partial charge < -0.3 is 43.6 Å². The lowest BCUT2D eigenvalue weighted by atomic mass is 9.29. The number of carbonyl (C=O) groups excluding carboxylic acids is 3. The molecule has 9 aliphatic carbocycles. The molecule has 1 aromatic carbocycles. The van der Waals surface area contributed by atoms with Gasteiger partial charge in [0.05, 0.1) is 48.5 Å². The van der Waals surface area contributed by atoms with Gasteiger partial charge in [0.2, 0.25) is 0 Å². The SMILES string of the molecule is C[C@H]1[C@@H]([C@H]2C=C3C[C@H]4CCC[C@]45C[C@@H]4C[C@@]6(C)[C@H](c7ccoc7C[C@@H]([C@H]7CC[C@H]8[C@H](C=CN9CNC[C@H]89)C7)[C@H](O)CO)OC(=O)[C@H]7O[C@]76[C@]6([C@H]7CCC[C@H](Cc8ccccc8)C7)[C@H](O)C(=O)[C@@H]7[C@@]2(C)O[C@]32[C@H]5C(=O)OC[C@@]72[C@@H]46)C=C[C@@H]2CCCC[C@H]12. The first-order valence-electron chi connectivity index (χ1n) is 34.6. The maximum atomic E-state index is 17.5. The van der Waals surface area contributed by atoms with Gasteiger partial charge in [-0.15, -0.1) is 0 Å². The minimum Gasteiger partial charge on any atom is -0.469 e. The van der Waals surface area contributed by atoms with E-state index in [0.717, 1.165) is 102 Å². The van der Waals surface area contributed by atoms with E-state index in [2.05, 4.69) is 91.8 Å². The van der Waals surface area contributed by atoms with Crippen molar-refractivity contribution in [1.82, 2.24) is 10.2 Å². The number of esters is 2. The highest BCUT2D eigenvalue weighted by molar-refractivity contribution is 5.94. The maximum absolute atomic E-state index is 17.5. The van der Waals surface area contributed by atoms with Crippen molar-refractivity contribution in [2.75, 3.05) is 26.4 Å². The van der Waals surface area contributed by atoms with Gasteiger partial charge in [-0.25, -0.2) is 4.79 Å². The number of hydrogen-bond acceptors (Lipinski definition) is 13. The van der Waals surface area contributed by atoms with Crippen molar-refractivity contribution in [2.24, 2.45) is 116 Å². The van der Waals surface area contributed by atoms with Crippen LogP contribution in [0.5, 0.6) is 0 Å². The Hall–Kier alpha value is -4.11. The van der Waals surface area contributed by atoms with E-state index in [4.69, 9.17) is 23.4 Å². The molecule has 0 amide bonds. The summed E-state index contributed by atoms with van der Waals surface area (Å²) in [6.07, 6.45) is 26.9. The van der Waals surface area contributed by atoms with E-state index in [1.165, 1.54) is 36.8 Å². The number of furan rings is 1. The number of aliphatic hydroxyl groups is 3. The van der Waals surface area contributed by atoms with Crippen LogP contribution in [0.4, 0.5) is 0 Å². The molecular weight excluding hydrogens is 1080 g/mol. The van der Waals surface area contributed by atoms with Crippen LogP contribution in [0, 0.1) is 116 Å². The third-order valence-electron chi connectivity index (χ3n) is 29.7. The van der Waals surface area contributed by atoms with Crippen molar-refractivity contribution in [1.29, 1.82) is 0 Å². The molecule has 18 rings (SSSR count). The van der Waals surface area contributed by atoms with Crippen LogP contribution in [0.1, 0.15) is 153 Å². The molecule has 8 heterocycles. The molecular formula is C73H92N2O11. The van der Waals surface area contributed by atoms with Crippen LogP contribution in [-0.2, 0) is 46.2 Å². The minimum atomic E-state index is -1.51. The highest BCUT2D eigenvalue weighted by Gasteiger charge is 2.98. The third kappa shape index (κ3) is 6.58. The van der Waals surface area contributed by atoms with Crippen molar-refractivity contribution in [2.45, 2.75) is 190 Å². The van der Waals surface area contributed by atoms with E-state index >= 15 is 14.4 Å². The molecule has 86 heavy (non-hydrogen) atoms. The molecule has 1 aromatic heterocycles. The molecule has 5 bridgehead atoms. The monoisotopic (exact) mass is 1170 g/mol. The largest absolute Gasteiger partial charge is 0.469 e. The second kappa shape index (κ2) is 18.8. The van der Waals surface area contributed by atoms with Crippen molar-refractivity contribution in [3.8, 4) is 0 Å². The lowest BCUT2D eigenvalue weighted by molar-refractivity contribution is -0.300. The second-order valence-electron chi connectivity index (χ2n) is 32.3. The Morgan fingerprint density at radius 2 is 1.70 bits per heavy atom. The fourth-order valence-corrected chi connectivity index (χ4v) is 27.1. The minimum absolute atomic E-state index is 0.0375. The number of aliphatic hydroxyl groups excluding tert-OH is 3. The summed E-state index contributed by atoms with van der Waals surface area (Å²) in [5.41, 5.74) is -4.21. The van der Waals surface area contributed by atoms with E-state index in [1.54, 1.807) is 6.26 Å². The normalized spacial score (nSPS) is 52.6. The standard InChI is InChI=1S/C73H92N2O11/c1-39-49-17-8-7-14-42(49)18-20-50(39)54-31-48-30-46-16-10-24-69(46)34-45-33-67(2)63(52-23-26-82-57(52)32-53(56(77)36-76)43-19-21-51-44(29-43)22-25-75-38-74-35-55(51)75)84-66(81)64-73(67,85-64)71(47-15-9-13-41(28-47)27-40-11-5-4-6-12-40)59(45)70-37-83-65(80)61(69)72(48,70)86-68(54,3)60(70)58(78)62(71)79/h4-6,11-12,18,20,22-23,25-26,31,39,41-47,49-51,53-56,59-64,74,76-77,79H,7-10,13-17,19,21,24,27-30,32-38H2,1-3H3/t39-,41-,42+,43+,44-,45+,46-,47+,49-,50+,51+,53+,54-,55-,56-,59-,60-,61+,62-,63+,64-,67+,68+,69+,70-,71+,72+,73-/m1/s1. The van der Waals surface area contributed by atoms with Crippen LogP contribution in [0.3, 0.4) is 0 Å². The number of carbonyl (C=O) groups is 3. The Morgan fingerprint density at radius 3 is 2.56 bits per heavy atom. The summed E-state index contributed by atoms with van der Waals surface area (Å²) in [6, 6.07) is 13.2. The van der Waals surface area contributed by atoms with Crippen molar-refractivity contribution in [3.05, 3.63) is 95.6 Å². The molecule has 0 unspecified atom stereocenters. The summed E-state index contributed by atoms with van der Waals surface area (Å²) < 4.78 is 36.8. The van der Waals surface area contributed by atoms with Gasteiger partial charge in [-0.3, -0.25) is 14.9 Å². The number of epoxide rings is 1. The maximum Gasteiger partial charge on any atom is 0.339 e. The number of hydrogen-bond donors (Lipinski definition) is 4. The smallest absolute Gasteiger partial charge is 0.339 e. The predicted octanol–water partition coefficient (Wildman–Crippen LogP) is 10.0. The number of cyclic esters (lactones) is 2. The van der Waals surface area contributed by atoms with E-state index in [0.29, 0.717) is 54.2 Å². The van der Waals surface area contributed by atoms with E-state index in [1.807, 2.05) is 6.07 Å². The lowest BCUT2D eigenvalue weighted by Gasteiger charge is -2.72. The van der Waals surface area contributed by atoms with Gasteiger partial charge >= 0.3 is 11.9 Å². The number of rotatable bonds is 10. The molecule has 460 valence electrons. The van der Waals surface area contributed by atoms with Crippen LogP contribution in [-0.4, -0.2) is 106 Å². The summed E-state index contributed by atoms with van der Waals surface area (Å²) in [7, 11) is 0. The Morgan fingerprint density at radius 1 is 0.849 bits per heavy atom. The van der Waals surface area contributed by atoms with Crippen LogP contribution in [0.15, 0.2) is 83.2 Å². The molecule has 0 radical (unpaired) electrons. The first-order valence-corrected chi connectivity index (χ1v) is 34.6. The molecule has 16 aliphatic rings. The highest BCUT2D eigenvalue weighted by Crippen LogP contribution is 2.90. The summed E-state index contributed by atoms with van der Waals surface area (Å²) >= 11 is 0. The number of ether oxygens (including phenoxy) is 4. The molecule has 7 aliphatic heterocycles. The molecule has 4 spiro atoms. The van der Waals surface area contributed by atoms with Crippen molar-refractivity contribution < 1.29 is 53.1 Å². The average molecular weight is 1170 g/mol. The molecule has 13 fully saturated rings. The number of benzene rings is 1. The molecule has 13 heteroatoms. The number of allylic oxidation sites excluding steroid dienone is 3. The van der Waals surface area contributed by atoms with Crippen molar-refractivity contribution in [3.63, 3.8) is 0 Å². The number of nitrogens with zero attached hydrogens (tertiary/aromatic N) is 1. The Kier molecular flexibility index (Phi) is 12.0. The fourth-order valence-electron chi connectivity index (χ4n) is 27.1. The van der Waals surface area contributed by atoms with Gasteiger partial charge in [-0.05, 0) is 196 Å². The number of fused-ring (bicyclic) bond motifs is 6. The van der Waals surface area contributed by atoms with Crippen LogP contribution >= 0.6 is 0 Å². The first-order chi connectivity index (χ1) is 41.7. The number of nitrogens with one attached hydrogen (secondary N) is 1. The average Bonchev–Trinajstić information content (AvgIpc) is 1.40. The highest BCUT2D eigenvalue weighted by atomic mass is 16.7. The van der Waals surface area contributed by atoms with Crippen molar-refractivity contribution >= 4 is 17.7 Å². The summed E-state index contributed by atoms with van der Waals surface area (Å²) in [5, 5.41) is 41.2. The van der Waals surface area contributed by atoms with Gasteiger partial charge in [-0.2, -0.15) is 0 Å². The molecule has 13 nitrogen and oxygen atoms in total. The summed E-state index contributed by atoms with van der Waals surface area (Å²) in [5.74, 6) is 0.0902. The van der Waals surface area contributed by atoms with Crippen LogP contribution in [0.25, 0.3) is 0 Å². The van der Waals surface area contributed by atoms with Gasteiger partial charge in [0.25, 0.3) is 0 Å². The number of Topliss-reactive ketones (excluding diaryl/α,β-unsaturated/α-hetero) is 1.